The van der Waals surface area contributed by atoms with Gasteiger partial charge in [0.25, 0.3) is 0 Å². The minimum absolute atomic E-state index is 0.103. The molecular weight excluding hydrogens is 300 g/mol. The third kappa shape index (κ3) is 2.92. The summed E-state index contributed by atoms with van der Waals surface area (Å²) in [5.74, 6) is 0.177. The molecule has 0 aromatic carbocycles. The van der Waals surface area contributed by atoms with Crippen molar-refractivity contribution in [2.24, 2.45) is 0 Å². The van der Waals surface area contributed by atoms with E-state index in [1.165, 1.54) is 0 Å². The lowest BCUT2D eigenvalue weighted by Crippen LogP contribution is -2.58. The second kappa shape index (κ2) is 6.26. The second-order valence-electron chi connectivity index (χ2n) is 6.26. The van der Waals surface area contributed by atoms with Crippen LogP contribution < -0.4 is 0 Å². The van der Waals surface area contributed by atoms with Crippen LogP contribution in [0.2, 0.25) is 0 Å². The Kier molecular flexibility index (Phi) is 4.52. The lowest BCUT2D eigenvalue weighted by molar-refractivity contribution is -0.160. The van der Waals surface area contributed by atoms with Crippen LogP contribution in [0.25, 0.3) is 0 Å². The van der Waals surface area contributed by atoms with Crippen LogP contribution in [0.1, 0.15) is 34.8 Å². The molecule has 6 heteroatoms. The molecule has 0 radical (unpaired) electrons. The van der Waals surface area contributed by atoms with Gasteiger partial charge in [0.15, 0.2) is 0 Å². The molecule has 2 atom stereocenters. The molecule has 122 valence electrons. The Morgan fingerprint density at radius 1 is 1.55 bits per heavy atom. The zero-order valence-electron chi connectivity index (χ0n) is 13.6. The van der Waals surface area contributed by atoms with Crippen molar-refractivity contribution in [1.82, 2.24) is 9.88 Å². The van der Waals surface area contributed by atoms with E-state index in [1.807, 2.05) is 18.7 Å². The molecule has 5 nitrogen and oxygen atoms in total. The SMILES string of the molecule is CO[C@H]1CCN(C(=O)Cc2sc(C)nc2C)C[C@@]12CCCO2. The number of nitrogens with zero attached hydrogens (tertiary/aromatic N) is 2. The number of aryl methyl sites for hydroxylation is 2. The first-order chi connectivity index (χ1) is 10.5. The standard InChI is InChI=1S/C16H24N2O3S/c1-11-13(22-12(2)17-11)9-15(19)18-7-5-14(20-3)16(10-18)6-4-8-21-16/h14H,4-10H2,1-3H3/t14-,16-/m0/s1. The number of thiazole rings is 1. The van der Waals surface area contributed by atoms with Crippen LogP contribution in [-0.4, -0.2) is 54.3 Å². The Balaban J connectivity index is 1.70. The van der Waals surface area contributed by atoms with Crippen molar-refractivity contribution in [1.29, 1.82) is 0 Å². The van der Waals surface area contributed by atoms with Crippen molar-refractivity contribution in [3.63, 3.8) is 0 Å². The first-order valence-corrected chi connectivity index (χ1v) is 8.73. The maximum Gasteiger partial charge on any atom is 0.227 e. The minimum Gasteiger partial charge on any atom is -0.378 e. The number of rotatable bonds is 3. The van der Waals surface area contributed by atoms with Crippen LogP contribution in [0.5, 0.6) is 0 Å². The number of ether oxygens (including phenoxy) is 2. The van der Waals surface area contributed by atoms with Gasteiger partial charge >= 0.3 is 0 Å². The fourth-order valence-electron chi connectivity index (χ4n) is 3.67. The van der Waals surface area contributed by atoms with Gasteiger partial charge in [-0.15, -0.1) is 11.3 Å². The van der Waals surface area contributed by atoms with Crippen LogP contribution in [0, 0.1) is 13.8 Å². The molecule has 1 amide bonds. The molecule has 0 N–H and O–H groups in total. The van der Waals surface area contributed by atoms with E-state index in [2.05, 4.69) is 4.98 Å². The third-order valence-corrected chi connectivity index (χ3v) is 5.86. The van der Waals surface area contributed by atoms with Gasteiger partial charge in [0.05, 0.1) is 29.8 Å². The highest BCUT2D eigenvalue weighted by Crippen LogP contribution is 2.36. The van der Waals surface area contributed by atoms with Gasteiger partial charge in [-0.1, -0.05) is 0 Å². The topological polar surface area (TPSA) is 51.7 Å². The predicted molar refractivity (Wildman–Crippen MR) is 85.2 cm³/mol. The predicted octanol–water partition coefficient (Wildman–Crippen LogP) is 2.10. The van der Waals surface area contributed by atoms with Gasteiger partial charge in [0.1, 0.15) is 5.60 Å². The Morgan fingerprint density at radius 3 is 2.95 bits per heavy atom. The molecule has 2 fully saturated rings. The molecule has 3 rings (SSSR count). The lowest BCUT2D eigenvalue weighted by atomic mass is 9.86. The molecule has 0 bridgehead atoms. The third-order valence-electron chi connectivity index (χ3n) is 4.79. The summed E-state index contributed by atoms with van der Waals surface area (Å²) in [6, 6.07) is 0. The van der Waals surface area contributed by atoms with Crippen LogP contribution in [0.4, 0.5) is 0 Å². The molecule has 3 heterocycles. The Labute approximate surface area is 135 Å². The van der Waals surface area contributed by atoms with Crippen molar-refractivity contribution in [3.8, 4) is 0 Å². The average molecular weight is 324 g/mol. The van der Waals surface area contributed by atoms with Crippen molar-refractivity contribution in [2.45, 2.75) is 51.2 Å². The zero-order valence-corrected chi connectivity index (χ0v) is 14.4. The molecule has 2 aliphatic heterocycles. The summed E-state index contributed by atoms with van der Waals surface area (Å²) in [5, 5.41) is 1.02. The summed E-state index contributed by atoms with van der Waals surface area (Å²) in [6.07, 6.45) is 3.43. The van der Waals surface area contributed by atoms with Crippen molar-refractivity contribution in [3.05, 3.63) is 15.6 Å². The second-order valence-corrected chi connectivity index (χ2v) is 7.55. The normalized spacial score (nSPS) is 28.5. The first-order valence-electron chi connectivity index (χ1n) is 7.91. The lowest BCUT2D eigenvalue weighted by Gasteiger charge is -2.44. The van der Waals surface area contributed by atoms with E-state index < -0.39 is 0 Å². The van der Waals surface area contributed by atoms with E-state index in [9.17, 15) is 4.79 Å². The smallest absolute Gasteiger partial charge is 0.227 e. The highest BCUT2D eigenvalue weighted by Gasteiger charge is 2.48. The van der Waals surface area contributed by atoms with E-state index in [0.717, 1.165) is 48.0 Å². The highest BCUT2D eigenvalue weighted by atomic mass is 32.1. The summed E-state index contributed by atoms with van der Waals surface area (Å²) >= 11 is 1.62. The van der Waals surface area contributed by atoms with Gasteiger partial charge in [0.2, 0.25) is 5.91 Å². The summed E-state index contributed by atoms with van der Waals surface area (Å²) in [7, 11) is 1.75. The summed E-state index contributed by atoms with van der Waals surface area (Å²) in [4.78, 5) is 20.1. The molecule has 0 saturated carbocycles. The Morgan fingerprint density at radius 2 is 2.36 bits per heavy atom. The van der Waals surface area contributed by atoms with Gasteiger partial charge < -0.3 is 14.4 Å². The van der Waals surface area contributed by atoms with Crippen molar-refractivity contribution >= 4 is 17.2 Å². The molecule has 1 spiro atoms. The van der Waals surface area contributed by atoms with Gasteiger partial charge in [-0.05, 0) is 33.1 Å². The van der Waals surface area contributed by atoms with E-state index in [4.69, 9.17) is 9.47 Å². The number of piperidine rings is 1. The van der Waals surface area contributed by atoms with E-state index in [1.54, 1.807) is 18.4 Å². The van der Waals surface area contributed by atoms with Crippen LogP contribution >= 0.6 is 11.3 Å². The number of hydrogen-bond acceptors (Lipinski definition) is 5. The number of hydrogen-bond donors (Lipinski definition) is 0. The van der Waals surface area contributed by atoms with E-state index in [-0.39, 0.29) is 17.6 Å². The average Bonchev–Trinajstić information content (AvgIpc) is 3.06. The maximum atomic E-state index is 12.7. The van der Waals surface area contributed by atoms with Crippen LogP contribution in [0.3, 0.4) is 0 Å². The number of carbonyl (C=O) groups is 1. The van der Waals surface area contributed by atoms with Crippen molar-refractivity contribution in [2.75, 3.05) is 26.8 Å². The van der Waals surface area contributed by atoms with Gasteiger partial charge in [0, 0.05) is 25.1 Å². The quantitative estimate of drug-likeness (QED) is 0.854. The fourth-order valence-corrected chi connectivity index (χ4v) is 4.60. The molecule has 1 aromatic heterocycles. The number of aromatic nitrogens is 1. The highest BCUT2D eigenvalue weighted by molar-refractivity contribution is 7.11. The molecular formula is C16H24N2O3S. The molecule has 1 aromatic rings. The summed E-state index contributed by atoms with van der Waals surface area (Å²) < 4.78 is 11.6. The van der Waals surface area contributed by atoms with Gasteiger partial charge in [-0.25, -0.2) is 4.98 Å². The van der Waals surface area contributed by atoms with Crippen molar-refractivity contribution < 1.29 is 14.3 Å². The van der Waals surface area contributed by atoms with Crippen LogP contribution in [-0.2, 0) is 20.7 Å². The Hall–Kier alpha value is -0.980. The molecule has 2 aliphatic rings. The monoisotopic (exact) mass is 324 g/mol. The summed E-state index contributed by atoms with van der Waals surface area (Å²) in [5.41, 5.74) is 0.691. The van der Waals surface area contributed by atoms with Crippen LogP contribution in [0.15, 0.2) is 0 Å². The first kappa shape index (κ1) is 15.9. The summed E-state index contributed by atoms with van der Waals surface area (Å²) in [6.45, 7) is 6.14. The molecule has 0 unspecified atom stereocenters. The maximum absolute atomic E-state index is 12.7. The molecule has 22 heavy (non-hydrogen) atoms. The minimum atomic E-state index is -0.290. The number of likely N-dealkylation sites (tertiary alicyclic amines) is 1. The number of amides is 1. The fraction of sp³-hybridized carbons (Fsp3) is 0.750. The van der Waals surface area contributed by atoms with E-state index in [0.29, 0.717) is 13.0 Å². The van der Waals surface area contributed by atoms with Gasteiger partial charge in [-0.3, -0.25) is 4.79 Å². The largest absolute Gasteiger partial charge is 0.378 e. The van der Waals surface area contributed by atoms with E-state index >= 15 is 0 Å². The zero-order chi connectivity index (χ0) is 15.7. The Bertz CT molecular complexity index is 552. The van der Waals surface area contributed by atoms with Gasteiger partial charge in [-0.2, -0.15) is 0 Å². The molecule has 2 saturated heterocycles. The number of carbonyl (C=O) groups excluding carboxylic acids is 1. The molecule has 0 aliphatic carbocycles. The number of methoxy groups -OCH3 is 1.